The maximum atomic E-state index is 5.36. The summed E-state index contributed by atoms with van der Waals surface area (Å²) in [5, 5.41) is 3.49. The van der Waals surface area contributed by atoms with Crippen LogP contribution in [0.5, 0.6) is 11.5 Å². The minimum absolute atomic E-state index is 0.745. The second-order valence-corrected chi connectivity index (χ2v) is 5.00. The third kappa shape index (κ3) is 3.48. The fourth-order valence-corrected chi connectivity index (χ4v) is 2.44. The Hall–Kier alpha value is -2.16. The molecule has 0 aliphatic heterocycles. The van der Waals surface area contributed by atoms with Crippen molar-refractivity contribution in [1.29, 1.82) is 0 Å². The second kappa shape index (κ2) is 7.02. The van der Waals surface area contributed by atoms with Crippen molar-refractivity contribution >= 4 is 5.69 Å². The van der Waals surface area contributed by atoms with Gasteiger partial charge in [0.25, 0.3) is 0 Å². The molecular weight excluding hydrogens is 262 g/mol. The number of rotatable bonds is 6. The minimum atomic E-state index is 0.745. The van der Waals surface area contributed by atoms with Crippen LogP contribution in [0.1, 0.15) is 23.6 Å². The van der Waals surface area contributed by atoms with Crippen molar-refractivity contribution in [2.45, 2.75) is 26.8 Å². The monoisotopic (exact) mass is 285 g/mol. The summed E-state index contributed by atoms with van der Waals surface area (Å²) < 4.78 is 10.7. The van der Waals surface area contributed by atoms with Gasteiger partial charge < -0.3 is 14.8 Å². The number of aryl methyl sites for hydroxylation is 2. The summed E-state index contributed by atoms with van der Waals surface area (Å²) in [6, 6.07) is 12.5. The molecule has 0 spiro atoms. The molecule has 112 valence electrons. The van der Waals surface area contributed by atoms with Crippen LogP contribution in [0.4, 0.5) is 5.69 Å². The lowest BCUT2D eigenvalue weighted by Crippen LogP contribution is -2.04. The van der Waals surface area contributed by atoms with Crippen molar-refractivity contribution in [2.75, 3.05) is 19.5 Å². The summed E-state index contributed by atoms with van der Waals surface area (Å²) in [6.45, 7) is 5.05. The van der Waals surface area contributed by atoms with Crippen molar-refractivity contribution < 1.29 is 9.47 Å². The summed E-state index contributed by atoms with van der Waals surface area (Å²) in [6.07, 6.45) is 1.04. The first-order chi connectivity index (χ1) is 10.2. The van der Waals surface area contributed by atoms with Crippen LogP contribution in [0.15, 0.2) is 36.4 Å². The molecule has 0 saturated heterocycles. The number of nitrogens with one attached hydrogen (secondary N) is 1. The first-order valence-corrected chi connectivity index (χ1v) is 7.22. The molecule has 3 nitrogen and oxygen atoms in total. The number of anilines is 1. The number of methoxy groups -OCH3 is 2. The molecule has 0 bridgehead atoms. The van der Waals surface area contributed by atoms with E-state index in [0.717, 1.165) is 35.7 Å². The lowest BCUT2D eigenvalue weighted by molar-refractivity contribution is 0.355. The zero-order valence-corrected chi connectivity index (χ0v) is 13.2. The van der Waals surface area contributed by atoms with Gasteiger partial charge in [0.2, 0.25) is 0 Å². The van der Waals surface area contributed by atoms with Gasteiger partial charge in [0.05, 0.1) is 14.2 Å². The number of hydrogen-bond acceptors (Lipinski definition) is 3. The molecule has 0 aromatic heterocycles. The van der Waals surface area contributed by atoms with E-state index >= 15 is 0 Å². The van der Waals surface area contributed by atoms with Crippen LogP contribution >= 0.6 is 0 Å². The van der Waals surface area contributed by atoms with Gasteiger partial charge in [-0.05, 0) is 36.1 Å². The molecule has 0 unspecified atom stereocenters. The van der Waals surface area contributed by atoms with Gasteiger partial charge in [0, 0.05) is 18.3 Å². The first kappa shape index (κ1) is 15.2. The molecule has 0 atom stereocenters. The predicted molar refractivity (Wildman–Crippen MR) is 87.4 cm³/mol. The van der Waals surface area contributed by atoms with E-state index in [4.69, 9.17) is 9.47 Å². The Balaban J connectivity index is 2.20. The van der Waals surface area contributed by atoms with Crippen LogP contribution in [-0.4, -0.2) is 14.2 Å². The highest BCUT2D eigenvalue weighted by atomic mass is 16.5. The van der Waals surface area contributed by atoms with Crippen molar-refractivity contribution in [1.82, 2.24) is 0 Å². The van der Waals surface area contributed by atoms with Crippen LogP contribution in [0.2, 0.25) is 0 Å². The maximum absolute atomic E-state index is 5.36. The van der Waals surface area contributed by atoms with Gasteiger partial charge in [0.15, 0.2) is 11.5 Å². The van der Waals surface area contributed by atoms with Gasteiger partial charge >= 0.3 is 0 Å². The normalized spacial score (nSPS) is 10.3. The molecular formula is C18H23NO2. The van der Waals surface area contributed by atoms with Crippen molar-refractivity contribution in [3.63, 3.8) is 0 Å². The summed E-state index contributed by atoms with van der Waals surface area (Å²) >= 11 is 0. The molecule has 2 aromatic carbocycles. The van der Waals surface area contributed by atoms with E-state index in [2.05, 4.69) is 43.4 Å². The van der Waals surface area contributed by atoms with E-state index in [0.29, 0.717) is 0 Å². The van der Waals surface area contributed by atoms with Crippen LogP contribution < -0.4 is 14.8 Å². The van der Waals surface area contributed by atoms with Crippen LogP contribution in [0.3, 0.4) is 0 Å². The molecule has 0 amide bonds. The van der Waals surface area contributed by atoms with E-state index in [9.17, 15) is 0 Å². The van der Waals surface area contributed by atoms with E-state index in [-0.39, 0.29) is 0 Å². The Bertz CT molecular complexity index is 608. The topological polar surface area (TPSA) is 30.5 Å². The fourth-order valence-electron chi connectivity index (χ4n) is 2.44. The Kier molecular flexibility index (Phi) is 5.09. The smallest absolute Gasteiger partial charge is 0.162 e. The molecule has 0 saturated carbocycles. The maximum Gasteiger partial charge on any atom is 0.162 e. The SMILES string of the molecule is CCc1ccccc1CNc1cc(OC)c(OC)cc1C. The average molecular weight is 285 g/mol. The lowest BCUT2D eigenvalue weighted by Gasteiger charge is -2.15. The molecule has 0 heterocycles. The van der Waals surface area contributed by atoms with E-state index in [1.165, 1.54) is 11.1 Å². The highest BCUT2D eigenvalue weighted by Crippen LogP contribution is 2.33. The number of ether oxygens (including phenoxy) is 2. The summed E-state index contributed by atoms with van der Waals surface area (Å²) in [5.74, 6) is 1.50. The number of hydrogen-bond donors (Lipinski definition) is 1. The average Bonchev–Trinajstić information content (AvgIpc) is 2.53. The molecule has 21 heavy (non-hydrogen) atoms. The summed E-state index contributed by atoms with van der Waals surface area (Å²) in [4.78, 5) is 0. The summed E-state index contributed by atoms with van der Waals surface area (Å²) in [7, 11) is 3.31. The van der Waals surface area contributed by atoms with E-state index in [1.54, 1.807) is 14.2 Å². The van der Waals surface area contributed by atoms with E-state index < -0.39 is 0 Å². The quantitative estimate of drug-likeness (QED) is 0.863. The van der Waals surface area contributed by atoms with Crippen molar-refractivity contribution in [3.8, 4) is 11.5 Å². The molecule has 2 rings (SSSR count). The molecule has 3 heteroatoms. The highest BCUT2D eigenvalue weighted by Gasteiger charge is 2.08. The molecule has 2 aromatic rings. The van der Waals surface area contributed by atoms with Gasteiger partial charge in [-0.2, -0.15) is 0 Å². The van der Waals surface area contributed by atoms with Crippen molar-refractivity contribution in [3.05, 3.63) is 53.1 Å². The molecule has 0 fully saturated rings. The van der Waals surface area contributed by atoms with Gasteiger partial charge in [-0.3, -0.25) is 0 Å². The second-order valence-electron chi connectivity index (χ2n) is 5.00. The van der Waals surface area contributed by atoms with Gasteiger partial charge in [0.1, 0.15) is 0 Å². The molecule has 0 aliphatic rings. The fraction of sp³-hybridized carbons (Fsp3) is 0.333. The van der Waals surface area contributed by atoms with Gasteiger partial charge in [-0.25, -0.2) is 0 Å². The highest BCUT2D eigenvalue weighted by molar-refractivity contribution is 5.60. The standard InChI is InChI=1S/C18H23NO2/c1-5-14-8-6-7-9-15(14)12-19-16-11-18(21-4)17(20-3)10-13(16)2/h6-11,19H,5,12H2,1-4H3. The van der Waals surface area contributed by atoms with Crippen molar-refractivity contribution in [2.24, 2.45) is 0 Å². The van der Waals surface area contributed by atoms with E-state index in [1.807, 2.05) is 12.1 Å². The largest absolute Gasteiger partial charge is 0.493 e. The van der Waals surface area contributed by atoms with Crippen LogP contribution in [-0.2, 0) is 13.0 Å². The summed E-state index contributed by atoms with van der Waals surface area (Å²) in [5.41, 5.74) is 4.91. The van der Waals surface area contributed by atoms with Crippen LogP contribution in [0.25, 0.3) is 0 Å². The molecule has 1 N–H and O–H groups in total. The molecule has 0 radical (unpaired) electrons. The lowest BCUT2D eigenvalue weighted by atomic mass is 10.1. The third-order valence-electron chi connectivity index (χ3n) is 3.70. The predicted octanol–water partition coefficient (Wildman–Crippen LogP) is 4.19. The third-order valence-corrected chi connectivity index (χ3v) is 3.70. The zero-order chi connectivity index (χ0) is 15.2. The Morgan fingerprint density at radius 1 is 0.952 bits per heavy atom. The van der Waals surface area contributed by atoms with Crippen LogP contribution in [0, 0.1) is 6.92 Å². The zero-order valence-electron chi connectivity index (χ0n) is 13.2. The molecule has 0 aliphatic carbocycles. The Morgan fingerprint density at radius 2 is 1.57 bits per heavy atom. The van der Waals surface area contributed by atoms with Gasteiger partial charge in [-0.15, -0.1) is 0 Å². The number of benzene rings is 2. The Labute approximate surface area is 126 Å². The first-order valence-electron chi connectivity index (χ1n) is 7.22. The van der Waals surface area contributed by atoms with Gasteiger partial charge in [-0.1, -0.05) is 31.2 Å². The minimum Gasteiger partial charge on any atom is -0.493 e. The Morgan fingerprint density at radius 3 is 2.19 bits per heavy atom.